The van der Waals surface area contributed by atoms with Crippen LogP contribution in [0.1, 0.15) is 34.3 Å². The first-order chi connectivity index (χ1) is 12.4. The van der Waals surface area contributed by atoms with Gasteiger partial charge in [0, 0.05) is 31.0 Å². The first-order valence-electron chi connectivity index (χ1n) is 8.81. The lowest BCUT2D eigenvalue weighted by Gasteiger charge is -2.32. The van der Waals surface area contributed by atoms with E-state index in [0.29, 0.717) is 31.0 Å². The summed E-state index contributed by atoms with van der Waals surface area (Å²) in [5.41, 5.74) is 2.78. The Morgan fingerprint density at radius 2 is 1.92 bits per heavy atom. The fourth-order valence-electron chi connectivity index (χ4n) is 3.21. The molecule has 2 rings (SSSR count). The molecule has 7 heteroatoms. The molecule has 1 aliphatic rings. The SMILES string of the molecule is Cc1cc(C)cc(C(=O)N2CCCC(C(=O)NCCSCC(=O)O)C2)c1. The summed E-state index contributed by atoms with van der Waals surface area (Å²) in [4.78, 5) is 37.3. The number of benzene rings is 1. The molecule has 0 saturated carbocycles. The summed E-state index contributed by atoms with van der Waals surface area (Å²) in [7, 11) is 0. The van der Waals surface area contributed by atoms with Gasteiger partial charge in [0.05, 0.1) is 11.7 Å². The molecule has 1 unspecified atom stereocenters. The molecule has 0 aliphatic carbocycles. The fraction of sp³-hybridized carbons (Fsp3) is 0.526. The highest BCUT2D eigenvalue weighted by Crippen LogP contribution is 2.20. The minimum atomic E-state index is -0.853. The molecule has 1 aromatic carbocycles. The highest BCUT2D eigenvalue weighted by Gasteiger charge is 2.28. The van der Waals surface area contributed by atoms with Crippen LogP contribution < -0.4 is 5.32 Å². The number of aryl methyl sites for hydroxylation is 2. The molecule has 2 amide bonds. The average molecular weight is 378 g/mol. The van der Waals surface area contributed by atoms with Gasteiger partial charge in [0.1, 0.15) is 0 Å². The molecule has 1 saturated heterocycles. The third kappa shape index (κ3) is 6.05. The van der Waals surface area contributed by atoms with Gasteiger partial charge in [-0.3, -0.25) is 14.4 Å². The Hall–Kier alpha value is -2.02. The molecular weight excluding hydrogens is 352 g/mol. The maximum absolute atomic E-state index is 12.8. The van der Waals surface area contributed by atoms with Crippen molar-refractivity contribution in [2.75, 3.05) is 31.1 Å². The van der Waals surface area contributed by atoms with E-state index in [0.717, 1.165) is 24.0 Å². The Bertz CT molecular complexity index is 657. The Balaban J connectivity index is 1.86. The zero-order valence-electron chi connectivity index (χ0n) is 15.3. The molecule has 0 spiro atoms. The van der Waals surface area contributed by atoms with Crippen molar-refractivity contribution in [3.63, 3.8) is 0 Å². The van der Waals surface area contributed by atoms with Crippen molar-refractivity contribution in [3.05, 3.63) is 34.9 Å². The van der Waals surface area contributed by atoms with Crippen molar-refractivity contribution in [3.8, 4) is 0 Å². The van der Waals surface area contributed by atoms with Crippen LogP contribution in [0.2, 0.25) is 0 Å². The smallest absolute Gasteiger partial charge is 0.313 e. The van der Waals surface area contributed by atoms with E-state index < -0.39 is 5.97 Å². The predicted octanol–water partition coefficient (Wildman–Crippen LogP) is 2.09. The van der Waals surface area contributed by atoms with Gasteiger partial charge in [-0.15, -0.1) is 11.8 Å². The van der Waals surface area contributed by atoms with Crippen LogP contribution in [0.3, 0.4) is 0 Å². The van der Waals surface area contributed by atoms with Gasteiger partial charge in [-0.25, -0.2) is 0 Å². The number of thioether (sulfide) groups is 1. The van der Waals surface area contributed by atoms with Crippen molar-refractivity contribution in [2.45, 2.75) is 26.7 Å². The lowest BCUT2D eigenvalue weighted by molar-refractivity contribution is -0.134. The van der Waals surface area contributed by atoms with Gasteiger partial charge < -0.3 is 15.3 Å². The number of carboxylic acid groups (broad SMARTS) is 1. The van der Waals surface area contributed by atoms with Gasteiger partial charge >= 0.3 is 5.97 Å². The highest BCUT2D eigenvalue weighted by atomic mass is 32.2. The Labute approximate surface area is 158 Å². The van der Waals surface area contributed by atoms with Crippen LogP contribution in [0, 0.1) is 19.8 Å². The number of carbonyl (C=O) groups excluding carboxylic acids is 2. The van der Waals surface area contributed by atoms with E-state index in [1.807, 2.05) is 32.0 Å². The number of nitrogens with zero attached hydrogens (tertiary/aromatic N) is 1. The zero-order chi connectivity index (χ0) is 19.1. The third-order valence-corrected chi connectivity index (χ3v) is 5.26. The summed E-state index contributed by atoms with van der Waals surface area (Å²) in [5.74, 6) is -0.532. The Morgan fingerprint density at radius 3 is 2.58 bits per heavy atom. The Kier molecular flexibility index (Phi) is 7.50. The molecule has 2 N–H and O–H groups in total. The summed E-state index contributed by atoms with van der Waals surface area (Å²) < 4.78 is 0. The van der Waals surface area contributed by atoms with E-state index in [2.05, 4.69) is 5.32 Å². The van der Waals surface area contributed by atoms with E-state index in [4.69, 9.17) is 5.11 Å². The minimum Gasteiger partial charge on any atom is -0.481 e. The summed E-state index contributed by atoms with van der Waals surface area (Å²) in [6.07, 6.45) is 1.58. The number of likely N-dealkylation sites (tertiary alicyclic amines) is 1. The van der Waals surface area contributed by atoms with Crippen LogP contribution in [0.25, 0.3) is 0 Å². The number of hydrogen-bond acceptors (Lipinski definition) is 4. The molecule has 6 nitrogen and oxygen atoms in total. The van der Waals surface area contributed by atoms with Gasteiger partial charge in [-0.1, -0.05) is 17.2 Å². The first kappa shape index (κ1) is 20.3. The van der Waals surface area contributed by atoms with Crippen LogP contribution in [-0.2, 0) is 9.59 Å². The van der Waals surface area contributed by atoms with Crippen molar-refractivity contribution in [1.82, 2.24) is 10.2 Å². The van der Waals surface area contributed by atoms with Crippen LogP contribution in [-0.4, -0.2) is 58.9 Å². The number of piperidine rings is 1. The second-order valence-electron chi connectivity index (χ2n) is 6.70. The monoisotopic (exact) mass is 378 g/mol. The number of aliphatic carboxylic acids is 1. The quantitative estimate of drug-likeness (QED) is 0.710. The van der Waals surface area contributed by atoms with Crippen molar-refractivity contribution < 1.29 is 19.5 Å². The molecule has 142 valence electrons. The summed E-state index contributed by atoms with van der Waals surface area (Å²) >= 11 is 1.28. The second-order valence-corrected chi connectivity index (χ2v) is 7.81. The second kappa shape index (κ2) is 9.62. The lowest BCUT2D eigenvalue weighted by atomic mass is 9.96. The number of nitrogens with one attached hydrogen (secondary N) is 1. The van der Waals surface area contributed by atoms with Crippen molar-refractivity contribution in [1.29, 1.82) is 0 Å². The standard InChI is InChI=1S/C19H26N2O4S/c1-13-8-14(2)10-16(9-13)19(25)21-6-3-4-15(11-21)18(24)20-5-7-26-12-17(22)23/h8-10,15H,3-7,11-12H2,1-2H3,(H,20,24)(H,22,23). The van der Waals surface area contributed by atoms with Crippen molar-refractivity contribution >= 4 is 29.5 Å². The number of carboxylic acids is 1. The Morgan fingerprint density at radius 1 is 1.23 bits per heavy atom. The van der Waals surface area contributed by atoms with E-state index in [9.17, 15) is 14.4 Å². The molecule has 1 heterocycles. The van der Waals surface area contributed by atoms with Crippen LogP contribution in [0.15, 0.2) is 18.2 Å². The number of hydrogen-bond donors (Lipinski definition) is 2. The fourth-order valence-corrected chi connectivity index (χ4v) is 3.77. The number of carbonyl (C=O) groups is 3. The largest absolute Gasteiger partial charge is 0.481 e. The van der Waals surface area contributed by atoms with Gasteiger partial charge in [0.25, 0.3) is 5.91 Å². The van der Waals surface area contributed by atoms with E-state index in [1.165, 1.54) is 11.8 Å². The summed E-state index contributed by atoms with van der Waals surface area (Å²) in [5, 5.41) is 11.4. The van der Waals surface area contributed by atoms with Gasteiger partial charge in [0.2, 0.25) is 5.91 Å². The molecular formula is C19H26N2O4S. The van der Waals surface area contributed by atoms with Crippen LogP contribution in [0.4, 0.5) is 0 Å². The molecule has 1 aliphatic heterocycles. The molecule has 1 aromatic rings. The topological polar surface area (TPSA) is 86.7 Å². The average Bonchev–Trinajstić information content (AvgIpc) is 2.59. The van der Waals surface area contributed by atoms with Gasteiger partial charge in [-0.2, -0.15) is 0 Å². The maximum atomic E-state index is 12.8. The molecule has 26 heavy (non-hydrogen) atoms. The number of amides is 2. The van der Waals surface area contributed by atoms with E-state index in [1.54, 1.807) is 4.90 Å². The normalized spacial score (nSPS) is 17.0. The van der Waals surface area contributed by atoms with Crippen molar-refractivity contribution in [2.24, 2.45) is 5.92 Å². The van der Waals surface area contributed by atoms with E-state index >= 15 is 0 Å². The minimum absolute atomic E-state index is 0.0219. The third-order valence-electron chi connectivity index (χ3n) is 4.32. The first-order valence-corrected chi connectivity index (χ1v) is 9.97. The maximum Gasteiger partial charge on any atom is 0.313 e. The number of rotatable bonds is 7. The zero-order valence-corrected chi connectivity index (χ0v) is 16.1. The van der Waals surface area contributed by atoms with Crippen LogP contribution >= 0.6 is 11.8 Å². The van der Waals surface area contributed by atoms with Gasteiger partial charge in [0.15, 0.2) is 0 Å². The lowest BCUT2D eigenvalue weighted by Crippen LogP contribution is -2.45. The van der Waals surface area contributed by atoms with Gasteiger partial charge in [-0.05, 0) is 38.8 Å². The molecule has 1 atom stereocenters. The molecule has 0 aromatic heterocycles. The predicted molar refractivity (Wildman–Crippen MR) is 103 cm³/mol. The summed E-state index contributed by atoms with van der Waals surface area (Å²) in [6, 6.07) is 5.81. The molecule has 1 fully saturated rings. The summed E-state index contributed by atoms with van der Waals surface area (Å²) in [6.45, 7) is 5.49. The highest BCUT2D eigenvalue weighted by molar-refractivity contribution is 7.99. The molecule has 0 radical (unpaired) electrons. The molecule has 0 bridgehead atoms. The van der Waals surface area contributed by atoms with E-state index in [-0.39, 0.29) is 23.5 Å². The van der Waals surface area contributed by atoms with Crippen LogP contribution in [0.5, 0.6) is 0 Å².